The molecule has 2 amide bonds. The van der Waals surface area contributed by atoms with Crippen molar-refractivity contribution in [2.45, 2.75) is 24.9 Å². The summed E-state index contributed by atoms with van der Waals surface area (Å²) in [5, 5.41) is 0.675. The summed E-state index contributed by atoms with van der Waals surface area (Å²) in [6.45, 7) is 0. The molecule has 0 bridgehead atoms. The molecule has 0 fully saturated rings. The number of nitrogens with zero attached hydrogens (tertiary/aromatic N) is 2. The fourth-order valence-corrected chi connectivity index (χ4v) is 4.32. The molecule has 1 aliphatic carbocycles. The standard InChI is InChI=1S/C23H20ClN3O2/c24-19-10-4-9-18-17(19)11-12-20(18)27(23(29)15-6-2-1-3-7-15)21(22(25)28)16-8-5-13-26-14-16/h1-10,13-14,20-21H,11-12H2,(H2,25,28)/t20-,21?/m1/s1. The number of hydrogen-bond acceptors (Lipinski definition) is 3. The van der Waals surface area contributed by atoms with Crippen LogP contribution in [-0.4, -0.2) is 21.7 Å². The maximum absolute atomic E-state index is 13.6. The summed E-state index contributed by atoms with van der Waals surface area (Å²) in [5.74, 6) is -0.853. The first-order valence-electron chi connectivity index (χ1n) is 9.42. The van der Waals surface area contributed by atoms with Crippen LogP contribution in [0.15, 0.2) is 73.1 Å². The van der Waals surface area contributed by atoms with Crippen molar-refractivity contribution in [3.63, 3.8) is 0 Å². The maximum Gasteiger partial charge on any atom is 0.255 e. The largest absolute Gasteiger partial charge is 0.368 e. The van der Waals surface area contributed by atoms with Crippen molar-refractivity contribution in [2.24, 2.45) is 5.73 Å². The molecule has 2 aromatic carbocycles. The summed E-state index contributed by atoms with van der Waals surface area (Å²) < 4.78 is 0. The lowest BCUT2D eigenvalue weighted by atomic mass is 9.99. The summed E-state index contributed by atoms with van der Waals surface area (Å²) in [5.41, 5.74) is 8.87. The molecule has 146 valence electrons. The van der Waals surface area contributed by atoms with Gasteiger partial charge in [-0.05, 0) is 48.2 Å². The normalized spacial score (nSPS) is 16.1. The first-order chi connectivity index (χ1) is 14.1. The average molecular weight is 406 g/mol. The quantitative estimate of drug-likeness (QED) is 0.694. The molecule has 5 nitrogen and oxygen atoms in total. The number of pyridine rings is 1. The summed E-state index contributed by atoms with van der Waals surface area (Å²) in [7, 11) is 0. The number of carbonyl (C=O) groups excluding carboxylic acids is 2. The molecule has 3 aromatic rings. The topological polar surface area (TPSA) is 76.3 Å². The molecule has 0 saturated carbocycles. The molecule has 1 aliphatic rings. The smallest absolute Gasteiger partial charge is 0.255 e. The monoisotopic (exact) mass is 405 g/mol. The number of carbonyl (C=O) groups is 2. The van der Waals surface area contributed by atoms with E-state index in [2.05, 4.69) is 4.98 Å². The van der Waals surface area contributed by atoms with E-state index in [9.17, 15) is 9.59 Å². The van der Waals surface area contributed by atoms with E-state index in [1.165, 1.54) is 0 Å². The Balaban J connectivity index is 1.86. The molecule has 1 aromatic heterocycles. The molecular formula is C23H20ClN3O2. The minimum Gasteiger partial charge on any atom is -0.368 e. The van der Waals surface area contributed by atoms with Gasteiger partial charge in [-0.15, -0.1) is 0 Å². The highest BCUT2D eigenvalue weighted by molar-refractivity contribution is 6.31. The van der Waals surface area contributed by atoms with E-state index in [-0.39, 0.29) is 11.9 Å². The number of rotatable bonds is 5. The van der Waals surface area contributed by atoms with E-state index in [0.717, 1.165) is 17.5 Å². The maximum atomic E-state index is 13.6. The molecule has 0 spiro atoms. The van der Waals surface area contributed by atoms with E-state index < -0.39 is 11.9 Å². The van der Waals surface area contributed by atoms with Gasteiger partial charge in [0.05, 0.1) is 6.04 Å². The second-order valence-corrected chi connectivity index (χ2v) is 7.44. The van der Waals surface area contributed by atoms with Crippen molar-refractivity contribution in [1.82, 2.24) is 9.88 Å². The van der Waals surface area contributed by atoms with Crippen LogP contribution < -0.4 is 5.73 Å². The van der Waals surface area contributed by atoms with Gasteiger partial charge in [0.25, 0.3) is 5.91 Å². The van der Waals surface area contributed by atoms with Gasteiger partial charge in [-0.25, -0.2) is 0 Å². The number of aromatic nitrogens is 1. The Bertz CT molecular complexity index is 1040. The molecule has 0 saturated heterocycles. The van der Waals surface area contributed by atoms with Crippen molar-refractivity contribution in [3.8, 4) is 0 Å². The Labute approximate surface area is 174 Å². The highest BCUT2D eigenvalue weighted by Crippen LogP contribution is 2.43. The number of halogens is 1. The lowest BCUT2D eigenvalue weighted by Crippen LogP contribution is -2.43. The molecular weight excluding hydrogens is 386 g/mol. The SMILES string of the molecule is NC(=O)C(c1cccnc1)N(C(=O)c1ccccc1)[C@@H]1CCc2c(Cl)cccc21. The van der Waals surface area contributed by atoms with Gasteiger partial charge < -0.3 is 10.6 Å². The minimum atomic E-state index is -0.939. The van der Waals surface area contributed by atoms with Crippen LogP contribution in [0.3, 0.4) is 0 Å². The van der Waals surface area contributed by atoms with Crippen molar-refractivity contribution < 1.29 is 9.59 Å². The van der Waals surface area contributed by atoms with Gasteiger partial charge in [0.2, 0.25) is 5.91 Å². The molecule has 29 heavy (non-hydrogen) atoms. The predicted octanol–water partition coefficient (Wildman–Crippen LogP) is 4.09. The Morgan fingerprint density at radius 3 is 2.55 bits per heavy atom. The third-order valence-corrected chi connectivity index (χ3v) is 5.67. The van der Waals surface area contributed by atoms with Crippen LogP contribution in [0, 0.1) is 0 Å². The third-order valence-electron chi connectivity index (χ3n) is 5.32. The van der Waals surface area contributed by atoms with E-state index in [4.69, 9.17) is 17.3 Å². The molecule has 1 heterocycles. The van der Waals surface area contributed by atoms with Crippen molar-refractivity contribution in [1.29, 1.82) is 0 Å². The first-order valence-corrected chi connectivity index (χ1v) is 9.80. The van der Waals surface area contributed by atoms with Gasteiger partial charge in [0, 0.05) is 28.5 Å². The number of benzene rings is 2. The molecule has 4 rings (SSSR count). The lowest BCUT2D eigenvalue weighted by molar-refractivity contribution is -0.123. The first kappa shape index (κ1) is 19.2. The summed E-state index contributed by atoms with van der Waals surface area (Å²) in [6.07, 6.45) is 4.60. The molecule has 2 atom stereocenters. The fourth-order valence-electron chi connectivity index (χ4n) is 4.04. The van der Waals surface area contributed by atoms with Crippen LogP contribution in [0.5, 0.6) is 0 Å². The second-order valence-electron chi connectivity index (χ2n) is 7.03. The van der Waals surface area contributed by atoms with E-state index >= 15 is 0 Å². The van der Waals surface area contributed by atoms with E-state index in [1.807, 2.05) is 24.3 Å². The van der Waals surface area contributed by atoms with Gasteiger partial charge in [0.1, 0.15) is 6.04 Å². The number of nitrogens with two attached hydrogens (primary N) is 1. The van der Waals surface area contributed by atoms with Crippen LogP contribution in [0.25, 0.3) is 0 Å². The van der Waals surface area contributed by atoms with Gasteiger partial charge in [-0.1, -0.05) is 48.0 Å². The van der Waals surface area contributed by atoms with Gasteiger partial charge in [-0.2, -0.15) is 0 Å². The van der Waals surface area contributed by atoms with E-state index in [0.29, 0.717) is 22.6 Å². The summed E-state index contributed by atoms with van der Waals surface area (Å²) in [4.78, 5) is 31.9. The fraction of sp³-hybridized carbons (Fsp3) is 0.174. The summed E-state index contributed by atoms with van der Waals surface area (Å²) >= 11 is 6.39. The van der Waals surface area contributed by atoms with Crippen molar-refractivity contribution in [2.75, 3.05) is 0 Å². The number of amides is 2. The third kappa shape index (κ3) is 3.61. The highest BCUT2D eigenvalue weighted by atomic mass is 35.5. The van der Waals surface area contributed by atoms with Crippen LogP contribution >= 0.6 is 11.6 Å². The number of primary amides is 1. The molecule has 6 heteroatoms. The number of hydrogen-bond donors (Lipinski definition) is 1. The average Bonchev–Trinajstić information content (AvgIpc) is 3.17. The lowest BCUT2D eigenvalue weighted by Gasteiger charge is -2.35. The van der Waals surface area contributed by atoms with Crippen LogP contribution in [-0.2, 0) is 11.2 Å². The Morgan fingerprint density at radius 1 is 1.07 bits per heavy atom. The molecule has 2 N–H and O–H groups in total. The Morgan fingerprint density at radius 2 is 1.86 bits per heavy atom. The Kier molecular flexibility index (Phi) is 5.32. The zero-order chi connectivity index (χ0) is 20.4. The second kappa shape index (κ2) is 8.05. The van der Waals surface area contributed by atoms with Crippen LogP contribution in [0.2, 0.25) is 5.02 Å². The minimum absolute atomic E-state index is 0.254. The zero-order valence-corrected chi connectivity index (χ0v) is 16.4. The van der Waals surface area contributed by atoms with Crippen LogP contribution in [0.4, 0.5) is 0 Å². The zero-order valence-electron chi connectivity index (χ0n) is 15.7. The van der Waals surface area contributed by atoms with Crippen LogP contribution in [0.1, 0.15) is 45.6 Å². The molecule has 0 aliphatic heterocycles. The molecule has 1 unspecified atom stereocenters. The highest BCUT2D eigenvalue weighted by Gasteiger charge is 2.39. The van der Waals surface area contributed by atoms with Gasteiger partial charge in [-0.3, -0.25) is 14.6 Å². The van der Waals surface area contributed by atoms with E-state index in [1.54, 1.807) is 53.7 Å². The molecule has 0 radical (unpaired) electrons. The van der Waals surface area contributed by atoms with Gasteiger partial charge >= 0.3 is 0 Å². The summed E-state index contributed by atoms with van der Waals surface area (Å²) in [6, 6.07) is 16.9. The van der Waals surface area contributed by atoms with Crippen molar-refractivity contribution >= 4 is 23.4 Å². The van der Waals surface area contributed by atoms with Crippen molar-refractivity contribution in [3.05, 3.63) is 100 Å². The Hall–Kier alpha value is -3.18. The predicted molar refractivity (Wildman–Crippen MR) is 111 cm³/mol. The number of fused-ring (bicyclic) bond motifs is 1. The van der Waals surface area contributed by atoms with Gasteiger partial charge in [0.15, 0.2) is 0 Å².